The van der Waals surface area contributed by atoms with Gasteiger partial charge in [0.15, 0.2) is 0 Å². The lowest BCUT2D eigenvalue weighted by Crippen LogP contribution is -2.22. The number of hydrogen-bond donors (Lipinski definition) is 3. The van der Waals surface area contributed by atoms with E-state index in [2.05, 4.69) is 15.0 Å². The summed E-state index contributed by atoms with van der Waals surface area (Å²) < 4.78 is 25.9. The molecule has 0 spiro atoms. The molecule has 0 saturated heterocycles. The van der Waals surface area contributed by atoms with Gasteiger partial charge in [0.2, 0.25) is 15.6 Å². The Hall–Kier alpha value is -2.45. The van der Waals surface area contributed by atoms with Gasteiger partial charge in [-0.2, -0.15) is 0 Å². The molecular formula is C13H13N3O4S. The molecule has 1 amide bonds. The van der Waals surface area contributed by atoms with E-state index < -0.39 is 21.5 Å². The number of hydrogen-bond acceptors (Lipinski definition) is 4. The number of anilines is 1. The average Bonchev–Trinajstić information content (AvgIpc) is 2.47. The van der Waals surface area contributed by atoms with Gasteiger partial charge < -0.3 is 10.3 Å². The van der Waals surface area contributed by atoms with Crippen molar-refractivity contribution in [3.63, 3.8) is 0 Å². The van der Waals surface area contributed by atoms with Gasteiger partial charge in [-0.1, -0.05) is 12.1 Å². The lowest BCUT2D eigenvalue weighted by atomic mass is 10.2. The molecule has 8 heteroatoms. The average molecular weight is 307 g/mol. The third-order valence-corrected chi connectivity index (χ3v) is 4.20. The number of para-hydroxylation sites is 1. The van der Waals surface area contributed by atoms with Gasteiger partial charge in [0.1, 0.15) is 4.90 Å². The van der Waals surface area contributed by atoms with Crippen LogP contribution in [-0.4, -0.2) is 26.4 Å². The van der Waals surface area contributed by atoms with E-state index in [9.17, 15) is 18.0 Å². The predicted molar refractivity (Wildman–Crippen MR) is 77.7 cm³/mol. The Kier molecular flexibility index (Phi) is 4.20. The first-order valence-corrected chi connectivity index (χ1v) is 7.45. The second-order valence-corrected chi connectivity index (χ2v) is 5.95. The summed E-state index contributed by atoms with van der Waals surface area (Å²) >= 11 is 0. The van der Waals surface area contributed by atoms with Crippen LogP contribution in [0.4, 0.5) is 5.69 Å². The summed E-state index contributed by atoms with van der Waals surface area (Å²) in [6, 6.07) is 8.54. The SMILES string of the molecule is CNS(=O)(=O)c1ccccc1NC(=O)c1cc[nH]c(=O)c1. The van der Waals surface area contributed by atoms with Gasteiger partial charge in [-0.15, -0.1) is 0 Å². The van der Waals surface area contributed by atoms with E-state index in [0.29, 0.717) is 0 Å². The maximum absolute atomic E-state index is 12.1. The molecule has 1 heterocycles. The maximum Gasteiger partial charge on any atom is 0.255 e. The number of pyridine rings is 1. The number of benzene rings is 1. The number of sulfonamides is 1. The van der Waals surface area contributed by atoms with Crippen LogP contribution in [0.1, 0.15) is 10.4 Å². The van der Waals surface area contributed by atoms with Crippen molar-refractivity contribution >= 4 is 21.6 Å². The molecule has 3 N–H and O–H groups in total. The minimum atomic E-state index is -3.70. The summed E-state index contributed by atoms with van der Waals surface area (Å²) in [5.41, 5.74) is -0.147. The first-order valence-electron chi connectivity index (χ1n) is 5.97. The van der Waals surface area contributed by atoms with Crippen LogP contribution in [0.3, 0.4) is 0 Å². The van der Waals surface area contributed by atoms with Crippen LogP contribution in [0.15, 0.2) is 52.3 Å². The summed E-state index contributed by atoms with van der Waals surface area (Å²) in [7, 11) is -2.42. The van der Waals surface area contributed by atoms with Crippen molar-refractivity contribution in [3.05, 3.63) is 58.5 Å². The molecule has 2 rings (SSSR count). The maximum atomic E-state index is 12.1. The predicted octanol–water partition coefficient (Wildman–Crippen LogP) is 0.535. The molecule has 1 aromatic carbocycles. The molecule has 0 bridgehead atoms. The Balaban J connectivity index is 2.37. The number of aromatic nitrogens is 1. The van der Waals surface area contributed by atoms with E-state index in [-0.39, 0.29) is 16.1 Å². The number of carbonyl (C=O) groups is 1. The number of H-pyrrole nitrogens is 1. The smallest absolute Gasteiger partial charge is 0.255 e. The highest BCUT2D eigenvalue weighted by molar-refractivity contribution is 7.89. The van der Waals surface area contributed by atoms with E-state index in [4.69, 9.17) is 0 Å². The summed E-state index contributed by atoms with van der Waals surface area (Å²) in [6.45, 7) is 0. The molecule has 0 aliphatic heterocycles. The second-order valence-electron chi connectivity index (χ2n) is 4.10. The molecule has 2 aromatic rings. The number of nitrogens with one attached hydrogen (secondary N) is 3. The van der Waals surface area contributed by atoms with E-state index in [1.165, 1.54) is 31.4 Å². The Morgan fingerprint density at radius 2 is 1.90 bits per heavy atom. The van der Waals surface area contributed by atoms with Gasteiger partial charge in [-0.3, -0.25) is 9.59 Å². The number of aromatic amines is 1. The first-order chi connectivity index (χ1) is 9.94. The Morgan fingerprint density at radius 1 is 1.19 bits per heavy atom. The molecule has 0 fully saturated rings. The van der Waals surface area contributed by atoms with Crippen LogP contribution in [0.2, 0.25) is 0 Å². The molecule has 0 saturated carbocycles. The third kappa shape index (κ3) is 3.36. The third-order valence-electron chi connectivity index (χ3n) is 2.73. The van der Waals surface area contributed by atoms with Crippen LogP contribution >= 0.6 is 0 Å². The molecule has 0 unspecified atom stereocenters. The number of carbonyl (C=O) groups excluding carboxylic acids is 1. The summed E-state index contributed by atoms with van der Waals surface area (Å²) in [5.74, 6) is -0.570. The van der Waals surface area contributed by atoms with Gasteiger partial charge in [0.25, 0.3) is 5.91 Å². The van der Waals surface area contributed by atoms with Gasteiger partial charge in [-0.25, -0.2) is 13.1 Å². The molecular weight excluding hydrogens is 294 g/mol. The topological polar surface area (TPSA) is 108 Å². The van der Waals surface area contributed by atoms with Crippen molar-refractivity contribution in [1.29, 1.82) is 0 Å². The fourth-order valence-corrected chi connectivity index (χ4v) is 2.58. The molecule has 7 nitrogen and oxygen atoms in total. The monoisotopic (exact) mass is 307 g/mol. The van der Waals surface area contributed by atoms with Crippen molar-refractivity contribution in [3.8, 4) is 0 Å². The van der Waals surface area contributed by atoms with Gasteiger partial charge in [0.05, 0.1) is 5.69 Å². The highest BCUT2D eigenvalue weighted by Gasteiger charge is 2.18. The first kappa shape index (κ1) is 14.9. The fourth-order valence-electron chi connectivity index (χ4n) is 1.69. The standard InChI is InChI=1S/C13H13N3O4S/c1-14-21(19,20)11-5-3-2-4-10(11)16-13(18)9-6-7-15-12(17)8-9/h2-8,14H,1H3,(H,15,17)(H,16,18). The van der Waals surface area contributed by atoms with Crippen molar-refractivity contribution in [2.75, 3.05) is 12.4 Å². The normalized spacial score (nSPS) is 11.1. The lowest BCUT2D eigenvalue weighted by Gasteiger charge is -2.10. The zero-order valence-corrected chi connectivity index (χ0v) is 11.9. The quantitative estimate of drug-likeness (QED) is 0.766. The highest BCUT2D eigenvalue weighted by atomic mass is 32.2. The Morgan fingerprint density at radius 3 is 2.57 bits per heavy atom. The van der Waals surface area contributed by atoms with E-state index in [1.807, 2.05) is 0 Å². The van der Waals surface area contributed by atoms with Crippen molar-refractivity contribution in [2.24, 2.45) is 0 Å². The summed E-state index contributed by atoms with van der Waals surface area (Å²) in [4.78, 5) is 25.6. The van der Waals surface area contributed by atoms with Gasteiger partial charge >= 0.3 is 0 Å². The Labute approximate surface area is 121 Å². The Bertz CT molecular complexity index is 827. The van der Waals surface area contributed by atoms with Crippen LogP contribution in [0.5, 0.6) is 0 Å². The summed E-state index contributed by atoms with van der Waals surface area (Å²) in [5, 5.41) is 2.48. The molecule has 110 valence electrons. The van der Waals surface area contributed by atoms with Crippen molar-refractivity contribution in [1.82, 2.24) is 9.71 Å². The molecule has 0 aliphatic rings. The second kappa shape index (κ2) is 5.90. The summed E-state index contributed by atoms with van der Waals surface area (Å²) in [6.07, 6.45) is 1.34. The van der Waals surface area contributed by atoms with E-state index in [0.717, 1.165) is 6.07 Å². The largest absolute Gasteiger partial charge is 0.329 e. The minimum Gasteiger partial charge on any atom is -0.329 e. The number of rotatable bonds is 4. The molecule has 0 aliphatic carbocycles. The minimum absolute atomic E-state index is 0.0503. The lowest BCUT2D eigenvalue weighted by molar-refractivity contribution is 0.102. The van der Waals surface area contributed by atoms with E-state index in [1.54, 1.807) is 12.1 Å². The van der Waals surface area contributed by atoms with Gasteiger partial charge in [0, 0.05) is 17.8 Å². The van der Waals surface area contributed by atoms with Crippen LogP contribution in [0, 0.1) is 0 Å². The van der Waals surface area contributed by atoms with E-state index >= 15 is 0 Å². The molecule has 0 radical (unpaired) electrons. The van der Waals surface area contributed by atoms with Crippen molar-refractivity contribution < 1.29 is 13.2 Å². The number of amides is 1. The zero-order chi connectivity index (χ0) is 15.5. The van der Waals surface area contributed by atoms with Crippen molar-refractivity contribution in [2.45, 2.75) is 4.90 Å². The van der Waals surface area contributed by atoms with Crippen LogP contribution < -0.4 is 15.6 Å². The highest BCUT2D eigenvalue weighted by Crippen LogP contribution is 2.20. The molecule has 1 aromatic heterocycles. The fraction of sp³-hybridized carbons (Fsp3) is 0.0769. The van der Waals surface area contributed by atoms with Crippen LogP contribution in [0.25, 0.3) is 0 Å². The van der Waals surface area contributed by atoms with Gasteiger partial charge in [-0.05, 0) is 25.2 Å². The zero-order valence-electron chi connectivity index (χ0n) is 11.1. The molecule has 21 heavy (non-hydrogen) atoms. The molecule has 0 atom stereocenters. The van der Waals surface area contributed by atoms with Crippen LogP contribution in [-0.2, 0) is 10.0 Å².